The maximum Gasteiger partial charge on any atom is 0.332 e. The molecule has 2 unspecified atom stereocenters. The highest BCUT2D eigenvalue weighted by Gasteiger charge is 2.45. The second-order valence-electron chi connectivity index (χ2n) is 8.24. The Bertz CT molecular complexity index is 1370. The number of aromatic nitrogens is 1. The number of carboxylic acids is 2. The highest BCUT2D eigenvalue weighted by molar-refractivity contribution is 7.90. The number of sulfone groups is 1. The van der Waals surface area contributed by atoms with Gasteiger partial charge in [-0.3, -0.25) is 4.79 Å². The summed E-state index contributed by atoms with van der Waals surface area (Å²) < 4.78 is 35.4. The molecule has 2 atom stereocenters. The third-order valence-corrected chi connectivity index (χ3v) is 6.86. The number of aromatic amines is 1. The summed E-state index contributed by atoms with van der Waals surface area (Å²) in [5.74, 6) is -3.65. The summed E-state index contributed by atoms with van der Waals surface area (Å²) in [6, 6.07) is 15.9. The zero-order valence-corrected chi connectivity index (χ0v) is 19.8. The van der Waals surface area contributed by atoms with Crippen LogP contribution < -0.4 is 0 Å². The van der Waals surface area contributed by atoms with E-state index >= 15 is 0 Å². The molecular weight excluding hydrogens is 473 g/mol. The Morgan fingerprint density at radius 3 is 2.11 bits per heavy atom. The van der Waals surface area contributed by atoms with Crippen LogP contribution in [0.5, 0.6) is 0 Å². The van der Waals surface area contributed by atoms with E-state index in [1.165, 1.54) is 55.7 Å². The topological polar surface area (TPSA) is 125 Å². The predicted octanol–water partition coefficient (Wildman–Crippen LogP) is 4.67. The van der Waals surface area contributed by atoms with Gasteiger partial charge in [0.05, 0.1) is 10.3 Å². The zero-order chi connectivity index (χ0) is 25.8. The van der Waals surface area contributed by atoms with Gasteiger partial charge in [0.15, 0.2) is 9.84 Å². The molecule has 0 aliphatic heterocycles. The van der Waals surface area contributed by atoms with Gasteiger partial charge in [-0.1, -0.05) is 42.5 Å². The Hall–Kier alpha value is -3.98. The van der Waals surface area contributed by atoms with Gasteiger partial charge in [-0.25, -0.2) is 17.6 Å². The maximum atomic E-state index is 13.0. The Morgan fingerprint density at radius 2 is 1.63 bits per heavy atom. The molecule has 35 heavy (non-hydrogen) atoms. The maximum absolute atomic E-state index is 13.0. The average Bonchev–Trinajstić information content (AvgIpc) is 3.34. The number of H-pyrrole nitrogens is 1. The predicted molar refractivity (Wildman–Crippen MR) is 129 cm³/mol. The van der Waals surface area contributed by atoms with Gasteiger partial charge in [0.2, 0.25) is 0 Å². The highest BCUT2D eigenvalue weighted by atomic mass is 32.2. The molecule has 2 aromatic carbocycles. The molecule has 0 bridgehead atoms. The normalized spacial score (nSPS) is 19.3. The molecule has 0 fully saturated rings. The Morgan fingerprint density at radius 1 is 1.00 bits per heavy atom. The summed E-state index contributed by atoms with van der Waals surface area (Å²) in [6.45, 7) is 1.45. The summed E-state index contributed by atoms with van der Waals surface area (Å²) in [5, 5.41) is 18.7. The monoisotopic (exact) mass is 497 g/mol. The highest BCUT2D eigenvalue weighted by Crippen LogP contribution is 2.45. The molecule has 1 aliphatic rings. The molecule has 1 heterocycles. The minimum atomic E-state index is -3.10. The van der Waals surface area contributed by atoms with Gasteiger partial charge in [-0.2, -0.15) is 0 Å². The molecule has 9 heteroatoms. The Kier molecular flexibility index (Phi) is 7.40. The van der Waals surface area contributed by atoms with Crippen molar-refractivity contribution >= 4 is 21.8 Å². The first-order valence-electron chi connectivity index (χ1n) is 10.5. The second kappa shape index (κ2) is 10.1. The van der Waals surface area contributed by atoms with Crippen LogP contribution in [0.25, 0.3) is 11.3 Å². The van der Waals surface area contributed by atoms with E-state index < -0.39 is 38.9 Å². The number of halogens is 1. The molecule has 0 saturated carbocycles. The summed E-state index contributed by atoms with van der Waals surface area (Å²) in [5.41, 5.74) is 1.00. The van der Waals surface area contributed by atoms with Gasteiger partial charge < -0.3 is 15.2 Å². The summed E-state index contributed by atoms with van der Waals surface area (Å²) in [6.07, 6.45) is 7.30. The van der Waals surface area contributed by atoms with E-state index in [-0.39, 0.29) is 5.57 Å². The minimum absolute atomic E-state index is 0.0241. The smallest absolute Gasteiger partial charge is 0.332 e. The summed E-state index contributed by atoms with van der Waals surface area (Å²) in [4.78, 5) is 26.3. The van der Waals surface area contributed by atoms with E-state index in [0.717, 1.165) is 11.3 Å². The van der Waals surface area contributed by atoms with Crippen molar-refractivity contribution in [3.8, 4) is 11.3 Å². The van der Waals surface area contributed by atoms with Crippen LogP contribution in [0.1, 0.15) is 18.4 Å². The Labute approximate surface area is 202 Å². The second-order valence-corrected chi connectivity index (χ2v) is 10.3. The number of benzene rings is 2. The van der Waals surface area contributed by atoms with Gasteiger partial charge in [0, 0.05) is 29.6 Å². The molecule has 3 N–H and O–H groups in total. The third-order valence-electron chi connectivity index (χ3n) is 5.73. The number of nitrogens with one attached hydrogen (secondary N) is 1. The van der Waals surface area contributed by atoms with E-state index in [1.807, 2.05) is 18.3 Å². The summed E-state index contributed by atoms with van der Waals surface area (Å²) >= 11 is 0. The average molecular weight is 498 g/mol. The molecule has 0 saturated heterocycles. The van der Waals surface area contributed by atoms with Crippen molar-refractivity contribution in [1.82, 2.24) is 4.98 Å². The van der Waals surface area contributed by atoms with Gasteiger partial charge in [-0.05, 0) is 54.4 Å². The molecule has 1 aliphatic carbocycles. The molecule has 0 spiro atoms. The fourth-order valence-electron chi connectivity index (χ4n) is 3.83. The summed E-state index contributed by atoms with van der Waals surface area (Å²) in [7, 11) is -3.10. The largest absolute Gasteiger partial charge is 0.481 e. The Balaban J connectivity index is 0.000000203. The van der Waals surface area contributed by atoms with E-state index in [1.54, 1.807) is 24.3 Å². The van der Waals surface area contributed by atoms with Crippen molar-refractivity contribution in [2.75, 3.05) is 6.26 Å². The molecule has 1 aromatic heterocycles. The van der Waals surface area contributed by atoms with Gasteiger partial charge >= 0.3 is 11.9 Å². The van der Waals surface area contributed by atoms with Crippen molar-refractivity contribution in [3.63, 3.8) is 0 Å². The molecule has 0 amide bonds. The first kappa shape index (κ1) is 25.6. The van der Waals surface area contributed by atoms with E-state index in [4.69, 9.17) is 0 Å². The number of allylic oxidation sites excluding steroid dienone is 2. The van der Waals surface area contributed by atoms with E-state index in [0.29, 0.717) is 10.5 Å². The van der Waals surface area contributed by atoms with Crippen LogP contribution in [-0.2, 0) is 19.4 Å². The first-order chi connectivity index (χ1) is 16.4. The molecule has 4 rings (SSSR count). The number of hydrogen-bond acceptors (Lipinski definition) is 4. The van der Waals surface area contributed by atoms with Crippen LogP contribution in [0.3, 0.4) is 0 Å². The SMILES string of the molecule is CC1(C(=O)O)C=CC=C(C(=O)O)C1c1ccc(F)cc1.CS(=O)(=O)c1ccc(-c2ccc[nH]2)cc1. The van der Waals surface area contributed by atoms with E-state index in [9.17, 15) is 32.6 Å². The van der Waals surface area contributed by atoms with Gasteiger partial charge in [0.25, 0.3) is 0 Å². The standard InChI is InChI=1S/C15H13FO4.C11H11NO2S/c1-15(14(19)20)8-2-3-11(13(17)18)12(15)9-4-6-10(16)7-5-9;1-15(13,14)10-6-4-9(5-7-10)11-3-2-8-12-11/h2-8,12H,1H3,(H,17,18)(H,19,20);2-8,12H,1H3. The first-order valence-corrected chi connectivity index (χ1v) is 12.4. The van der Waals surface area contributed by atoms with Crippen molar-refractivity contribution < 1.29 is 32.6 Å². The molecular formula is C26H24FNO6S. The zero-order valence-electron chi connectivity index (χ0n) is 19.0. The van der Waals surface area contributed by atoms with Crippen molar-refractivity contribution in [2.24, 2.45) is 5.41 Å². The van der Waals surface area contributed by atoms with Crippen LogP contribution in [-0.4, -0.2) is 41.8 Å². The number of hydrogen-bond donors (Lipinski definition) is 3. The van der Waals surface area contributed by atoms with Crippen molar-refractivity contribution in [1.29, 1.82) is 0 Å². The molecule has 7 nitrogen and oxygen atoms in total. The lowest BCUT2D eigenvalue weighted by Gasteiger charge is -2.34. The molecule has 0 radical (unpaired) electrons. The number of carboxylic acid groups (broad SMARTS) is 2. The minimum Gasteiger partial charge on any atom is -0.481 e. The fraction of sp³-hybridized carbons (Fsp3) is 0.154. The van der Waals surface area contributed by atoms with E-state index in [2.05, 4.69) is 4.98 Å². The quantitative estimate of drug-likeness (QED) is 0.471. The third kappa shape index (κ3) is 5.75. The van der Waals surface area contributed by atoms with Crippen molar-refractivity contribution in [2.45, 2.75) is 17.7 Å². The van der Waals surface area contributed by atoms with Crippen LogP contribution >= 0.6 is 0 Å². The lowest BCUT2D eigenvalue weighted by atomic mass is 9.67. The van der Waals surface area contributed by atoms with Gasteiger partial charge in [-0.15, -0.1) is 0 Å². The molecule has 182 valence electrons. The lowest BCUT2D eigenvalue weighted by Crippen LogP contribution is -2.36. The molecule has 3 aromatic rings. The van der Waals surface area contributed by atoms with Crippen LogP contribution in [0.4, 0.5) is 4.39 Å². The number of aliphatic carboxylic acids is 2. The number of carbonyl (C=O) groups is 2. The fourth-order valence-corrected chi connectivity index (χ4v) is 4.46. The van der Waals surface area contributed by atoms with Gasteiger partial charge in [0.1, 0.15) is 5.82 Å². The number of rotatable bonds is 5. The van der Waals surface area contributed by atoms with Crippen LogP contribution in [0, 0.1) is 11.2 Å². The van der Waals surface area contributed by atoms with Crippen molar-refractivity contribution in [3.05, 3.63) is 102 Å². The lowest BCUT2D eigenvalue weighted by molar-refractivity contribution is -0.146. The van der Waals surface area contributed by atoms with Crippen LogP contribution in [0.15, 0.2) is 95.6 Å². The van der Waals surface area contributed by atoms with Crippen LogP contribution in [0.2, 0.25) is 0 Å².